The van der Waals surface area contributed by atoms with E-state index < -0.39 is 0 Å². The van der Waals surface area contributed by atoms with E-state index in [1.165, 1.54) is 25.9 Å². The minimum Gasteiger partial charge on any atom is -0.467 e. The zero-order chi connectivity index (χ0) is 22.1. The molecule has 1 aromatic carbocycles. The first-order valence-corrected chi connectivity index (χ1v) is 11.5. The summed E-state index contributed by atoms with van der Waals surface area (Å²) in [5, 5.41) is 3.94. The van der Waals surface area contributed by atoms with Crippen LogP contribution in [0.1, 0.15) is 49.2 Å². The maximum absolute atomic E-state index is 11.8. The average Bonchev–Trinajstić information content (AvgIpc) is 3.27. The van der Waals surface area contributed by atoms with Crippen LogP contribution in [0.5, 0.6) is 0 Å². The van der Waals surface area contributed by atoms with Crippen LogP contribution in [0.2, 0.25) is 0 Å². The number of thiocarbonyl (C=S) groups is 1. The number of carbonyl (C=O) groups excluding carboxylic acids is 1. The zero-order valence-corrected chi connectivity index (χ0v) is 19.3. The highest BCUT2D eigenvalue weighted by Gasteiger charge is 2.17. The predicted octanol–water partition coefficient (Wildman–Crippen LogP) is 4.78. The van der Waals surface area contributed by atoms with Crippen LogP contribution < -0.4 is 5.32 Å². The topological polar surface area (TPSA) is 58.0 Å². The van der Waals surface area contributed by atoms with Crippen molar-refractivity contribution in [2.24, 2.45) is 5.92 Å². The molecule has 168 valence electrons. The number of furan rings is 1. The number of hydrogen-bond acceptors (Lipinski definition) is 5. The SMILES string of the molecule is CCOC(=O)c1ccc(NC(=S)N(CCCN2CCCC(C)C2)Cc2ccco2)cc1. The van der Waals surface area contributed by atoms with Crippen molar-refractivity contribution in [2.75, 3.05) is 38.1 Å². The molecule has 1 atom stereocenters. The Bertz CT molecular complexity index is 823. The van der Waals surface area contributed by atoms with Crippen molar-refractivity contribution < 1.29 is 13.9 Å². The van der Waals surface area contributed by atoms with E-state index in [1.54, 1.807) is 25.3 Å². The quantitative estimate of drug-likeness (QED) is 0.442. The molecule has 0 saturated carbocycles. The van der Waals surface area contributed by atoms with E-state index in [4.69, 9.17) is 21.4 Å². The summed E-state index contributed by atoms with van der Waals surface area (Å²) in [7, 11) is 0. The van der Waals surface area contributed by atoms with Gasteiger partial charge in [-0.25, -0.2) is 4.79 Å². The Balaban J connectivity index is 1.57. The number of esters is 1. The Morgan fingerprint density at radius 1 is 1.32 bits per heavy atom. The second-order valence-electron chi connectivity index (χ2n) is 8.13. The van der Waals surface area contributed by atoms with E-state index >= 15 is 0 Å². The number of rotatable bonds is 9. The minimum atomic E-state index is -0.317. The van der Waals surface area contributed by atoms with Crippen molar-refractivity contribution in [2.45, 2.75) is 39.7 Å². The summed E-state index contributed by atoms with van der Waals surface area (Å²) in [4.78, 5) is 16.5. The highest BCUT2D eigenvalue weighted by Crippen LogP contribution is 2.17. The van der Waals surface area contributed by atoms with E-state index in [9.17, 15) is 4.79 Å². The van der Waals surface area contributed by atoms with Crippen molar-refractivity contribution in [3.05, 3.63) is 54.0 Å². The van der Waals surface area contributed by atoms with Gasteiger partial charge in [-0.1, -0.05) is 6.92 Å². The molecule has 1 unspecified atom stereocenters. The lowest BCUT2D eigenvalue weighted by atomic mass is 10.0. The van der Waals surface area contributed by atoms with Gasteiger partial charge < -0.3 is 24.3 Å². The van der Waals surface area contributed by atoms with Crippen molar-refractivity contribution in [3.63, 3.8) is 0 Å². The largest absolute Gasteiger partial charge is 0.467 e. The van der Waals surface area contributed by atoms with Crippen LogP contribution in [-0.2, 0) is 11.3 Å². The minimum absolute atomic E-state index is 0.317. The number of piperidine rings is 1. The second-order valence-corrected chi connectivity index (χ2v) is 8.52. The summed E-state index contributed by atoms with van der Waals surface area (Å²) in [6.07, 6.45) is 5.35. The van der Waals surface area contributed by atoms with Crippen molar-refractivity contribution >= 4 is 29.0 Å². The molecule has 7 heteroatoms. The number of nitrogens with zero attached hydrogens (tertiary/aromatic N) is 2. The molecule has 2 aromatic rings. The molecule has 1 saturated heterocycles. The molecular weight excluding hydrogens is 410 g/mol. The molecular formula is C24H33N3O3S. The van der Waals surface area contributed by atoms with Gasteiger partial charge in [-0.3, -0.25) is 0 Å². The molecule has 0 spiro atoms. The molecule has 31 heavy (non-hydrogen) atoms. The van der Waals surface area contributed by atoms with E-state index in [2.05, 4.69) is 22.0 Å². The van der Waals surface area contributed by atoms with Crippen LogP contribution in [0, 0.1) is 5.92 Å². The van der Waals surface area contributed by atoms with Gasteiger partial charge in [0, 0.05) is 18.8 Å². The molecule has 0 amide bonds. The smallest absolute Gasteiger partial charge is 0.338 e. The van der Waals surface area contributed by atoms with Crippen molar-refractivity contribution in [1.82, 2.24) is 9.80 Å². The molecule has 2 heterocycles. The Hall–Kier alpha value is -2.38. The number of hydrogen-bond donors (Lipinski definition) is 1. The van der Waals surface area contributed by atoms with Crippen molar-refractivity contribution in [1.29, 1.82) is 0 Å². The molecule has 3 rings (SSSR count). The van der Waals surface area contributed by atoms with Gasteiger partial charge in [0.05, 0.1) is 25.0 Å². The summed E-state index contributed by atoms with van der Waals surface area (Å²) in [5.74, 6) is 1.35. The fourth-order valence-electron chi connectivity index (χ4n) is 3.92. The normalized spacial score (nSPS) is 16.6. The molecule has 1 aliphatic heterocycles. The number of anilines is 1. The average molecular weight is 444 g/mol. The van der Waals surface area contributed by atoms with Crippen LogP contribution in [-0.4, -0.2) is 53.7 Å². The molecule has 1 N–H and O–H groups in total. The highest BCUT2D eigenvalue weighted by atomic mass is 32.1. The third-order valence-electron chi connectivity index (χ3n) is 5.50. The summed E-state index contributed by atoms with van der Waals surface area (Å²) < 4.78 is 10.6. The monoisotopic (exact) mass is 443 g/mol. The van der Waals surface area contributed by atoms with E-state index in [1.807, 2.05) is 24.3 Å². The van der Waals surface area contributed by atoms with Crippen LogP contribution in [0.25, 0.3) is 0 Å². The van der Waals surface area contributed by atoms with Crippen LogP contribution in [0.3, 0.4) is 0 Å². The van der Waals surface area contributed by atoms with Crippen molar-refractivity contribution in [3.8, 4) is 0 Å². The van der Waals surface area contributed by atoms with Gasteiger partial charge in [-0.05, 0) is 93.8 Å². The van der Waals surface area contributed by atoms with Crippen LogP contribution in [0.4, 0.5) is 5.69 Å². The first kappa shape index (κ1) is 23.3. The number of nitrogens with one attached hydrogen (secondary N) is 1. The van der Waals surface area contributed by atoms with Gasteiger partial charge in [-0.2, -0.15) is 0 Å². The summed E-state index contributed by atoms with van der Waals surface area (Å²) in [5.41, 5.74) is 1.37. The van der Waals surface area contributed by atoms with Gasteiger partial charge in [0.1, 0.15) is 5.76 Å². The molecule has 1 fully saturated rings. The molecule has 0 bridgehead atoms. The van der Waals surface area contributed by atoms with Crippen LogP contribution >= 0.6 is 12.2 Å². The molecule has 1 aromatic heterocycles. The van der Waals surface area contributed by atoms with E-state index in [0.717, 1.165) is 36.9 Å². The first-order valence-electron chi connectivity index (χ1n) is 11.1. The molecule has 6 nitrogen and oxygen atoms in total. The summed E-state index contributed by atoms with van der Waals surface area (Å²) in [6, 6.07) is 11.1. The number of carbonyl (C=O) groups is 1. The second kappa shape index (κ2) is 11.9. The maximum Gasteiger partial charge on any atom is 0.338 e. The first-order chi connectivity index (χ1) is 15.0. The maximum atomic E-state index is 11.8. The van der Waals surface area contributed by atoms with E-state index in [0.29, 0.717) is 23.8 Å². The lowest BCUT2D eigenvalue weighted by Gasteiger charge is -2.32. The fraction of sp³-hybridized carbons (Fsp3) is 0.500. The Morgan fingerprint density at radius 3 is 2.81 bits per heavy atom. The summed E-state index contributed by atoms with van der Waals surface area (Å²) in [6.45, 7) is 9.42. The van der Waals surface area contributed by atoms with E-state index in [-0.39, 0.29) is 5.97 Å². The zero-order valence-electron chi connectivity index (χ0n) is 18.5. The Morgan fingerprint density at radius 2 is 2.13 bits per heavy atom. The number of likely N-dealkylation sites (tertiary alicyclic amines) is 1. The Kier molecular flexibility index (Phi) is 8.91. The Labute approximate surface area is 190 Å². The number of ether oxygens (including phenoxy) is 1. The third kappa shape index (κ3) is 7.36. The lowest BCUT2D eigenvalue weighted by molar-refractivity contribution is 0.0526. The third-order valence-corrected chi connectivity index (χ3v) is 5.87. The molecule has 0 radical (unpaired) electrons. The van der Waals surface area contributed by atoms with Gasteiger partial charge in [-0.15, -0.1) is 0 Å². The van der Waals surface area contributed by atoms with Gasteiger partial charge in [0.2, 0.25) is 0 Å². The van der Waals surface area contributed by atoms with Gasteiger partial charge in [0.15, 0.2) is 5.11 Å². The standard InChI is InChI=1S/C24H33N3O3S/c1-3-29-23(28)20-9-11-21(12-10-20)25-24(31)27(18-22-8-5-16-30-22)15-6-14-26-13-4-7-19(2)17-26/h5,8-12,16,19H,3-4,6-7,13-15,17-18H2,1-2H3,(H,25,31). The highest BCUT2D eigenvalue weighted by molar-refractivity contribution is 7.80. The van der Waals surface area contributed by atoms with Gasteiger partial charge >= 0.3 is 5.97 Å². The van der Waals surface area contributed by atoms with Crippen LogP contribution in [0.15, 0.2) is 47.1 Å². The molecule has 1 aliphatic rings. The summed E-state index contributed by atoms with van der Waals surface area (Å²) >= 11 is 5.71. The van der Waals surface area contributed by atoms with Gasteiger partial charge in [0.25, 0.3) is 0 Å². The fourth-order valence-corrected chi connectivity index (χ4v) is 4.20. The molecule has 0 aliphatic carbocycles. The number of benzene rings is 1. The lowest BCUT2D eigenvalue weighted by Crippen LogP contribution is -2.39. The predicted molar refractivity (Wildman–Crippen MR) is 127 cm³/mol.